The highest BCUT2D eigenvalue weighted by Crippen LogP contribution is 2.24. The summed E-state index contributed by atoms with van der Waals surface area (Å²) in [4.78, 5) is 5.31. The van der Waals surface area contributed by atoms with Crippen molar-refractivity contribution in [3.8, 4) is 5.75 Å². The van der Waals surface area contributed by atoms with Crippen LogP contribution in [0.4, 0.5) is 0 Å². The summed E-state index contributed by atoms with van der Waals surface area (Å²) >= 11 is 5.06. The minimum absolute atomic E-state index is 0.469. The van der Waals surface area contributed by atoms with Crippen LogP contribution in [0, 0.1) is 6.92 Å². The molecule has 1 aromatic carbocycles. The summed E-state index contributed by atoms with van der Waals surface area (Å²) in [6.07, 6.45) is 1.85. The summed E-state index contributed by atoms with van der Waals surface area (Å²) in [5.74, 6) is 0.835. The first-order chi connectivity index (χ1) is 8.19. The summed E-state index contributed by atoms with van der Waals surface area (Å²) in [7, 11) is 0. The lowest BCUT2D eigenvalue weighted by Gasteiger charge is -2.09. The second kappa shape index (κ2) is 5.62. The Hall–Kier alpha value is -0.910. The molecule has 0 aliphatic carbocycles. The average molecular weight is 313 g/mol. The molecule has 0 aliphatic rings. The van der Waals surface area contributed by atoms with Crippen molar-refractivity contribution in [2.45, 2.75) is 20.1 Å². The third-order valence-corrected chi connectivity index (χ3v) is 3.66. The maximum Gasteiger partial charge on any atom is 0.124 e. The van der Waals surface area contributed by atoms with Gasteiger partial charge in [0, 0.05) is 22.8 Å². The molecule has 2 aromatic rings. The fourth-order valence-electron chi connectivity index (χ4n) is 1.47. The van der Waals surface area contributed by atoms with Gasteiger partial charge in [0.2, 0.25) is 0 Å². The van der Waals surface area contributed by atoms with E-state index in [4.69, 9.17) is 10.5 Å². The fraction of sp³-hybridized carbons (Fsp3) is 0.250. The highest BCUT2D eigenvalue weighted by molar-refractivity contribution is 9.10. The van der Waals surface area contributed by atoms with Crippen LogP contribution in [0.5, 0.6) is 5.75 Å². The van der Waals surface area contributed by atoms with Gasteiger partial charge in [-0.2, -0.15) is 0 Å². The number of hydrogen-bond acceptors (Lipinski definition) is 4. The van der Waals surface area contributed by atoms with E-state index in [2.05, 4.69) is 20.9 Å². The molecule has 1 heterocycles. The van der Waals surface area contributed by atoms with E-state index in [0.29, 0.717) is 13.2 Å². The first-order valence-corrected chi connectivity index (χ1v) is 6.82. The quantitative estimate of drug-likeness (QED) is 0.942. The molecular formula is C12H13BrN2OS. The topological polar surface area (TPSA) is 48.1 Å². The lowest BCUT2D eigenvalue weighted by atomic mass is 10.2. The Balaban J connectivity index is 2.08. The number of nitrogens with two attached hydrogens (primary N) is 1. The van der Waals surface area contributed by atoms with Gasteiger partial charge in [0.25, 0.3) is 0 Å². The lowest BCUT2D eigenvalue weighted by molar-refractivity contribution is 0.306. The Morgan fingerprint density at radius 3 is 2.94 bits per heavy atom. The van der Waals surface area contributed by atoms with E-state index in [9.17, 15) is 0 Å². The lowest BCUT2D eigenvalue weighted by Crippen LogP contribution is -2.02. The van der Waals surface area contributed by atoms with Gasteiger partial charge < -0.3 is 10.5 Å². The predicted molar refractivity (Wildman–Crippen MR) is 73.2 cm³/mol. The summed E-state index contributed by atoms with van der Waals surface area (Å²) < 4.78 is 6.76. The Labute approximate surface area is 113 Å². The van der Waals surface area contributed by atoms with Crippen molar-refractivity contribution in [3.05, 3.63) is 44.3 Å². The highest BCUT2D eigenvalue weighted by atomic mass is 79.9. The van der Waals surface area contributed by atoms with Crippen LogP contribution in [0.25, 0.3) is 0 Å². The van der Waals surface area contributed by atoms with Gasteiger partial charge in [0.05, 0.1) is 9.88 Å². The van der Waals surface area contributed by atoms with Gasteiger partial charge >= 0.3 is 0 Å². The van der Waals surface area contributed by atoms with Crippen LogP contribution >= 0.6 is 27.3 Å². The number of ether oxygens (including phenoxy) is 1. The zero-order chi connectivity index (χ0) is 12.3. The third-order valence-electron chi connectivity index (χ3n) is 2.28. The molecule has 0 saturated carbocycles. The summed E-state index contributed by atoms with van der Waals surface area (Å²) in [5.41, 5.74) is 6.68. The van der Waals surface area contributed by atoms with Gasteiger partial charge in [0.1, 0.15) is 12.4 Å². The first kappa shape index (κ1) is 12.5. The van der Waals surface area contributed by atoms with Crippen molar-refractivity contribution in [1.29, 1.82) is 0 Å². The number of thiazole rings is 1. The first-order valence-electron chi connectivity index (χ1n) is 5.21. The van der Waals surface area contributed by atoms with Gasteiger partial charge in [-0.25, -0.2) is 4.98 Å². The molecule has 3 nitrogen and oxygen atoms in total. The smallest absolute Gasteiger partial charge is 0.124 e. The maximum atomic E-state index is 5.75. The molecule has 2 N–H and O–H groups in total. The van der Waals surface area contributed by atoms with Gasteiger partial charge in [-0.1, -0.05) is 15.9 Å². The molecule has 0 spiro atoms. The molecule has 90 valence electrons. The second-order valence-electron chi connectivity index (χ2n) is 3.59. The van der Waals surface area contributed by atoms with E-state index in [-0.39, 0.29) is 0 Å². The van der Waals surface area contributed by atoms with Gasteiger partial charge in [0.15, 0.2) is 0 Å². The number of benzene rings is 1. The van der Waals surface area contributed by atoms with Crippen LogP contribution < -0.4 is 10.5 Å². The van der Waals surface area contributed by atoms with E-state index >= 15 is 0 Å². The molecule has 5 heteroatoms. The van der Waals surface area contributed by atoms with Gasteiger partial charge in [-0.3, -0.25) is 0 Å². The molecule has 1 aromatic heterocycles. The fourth-order valence-corrected chi connectivity index (χ4v) is 2.59. The molecule has 0 unspecified atom stereocenters. The van der Waals surface area contributed by atoms with Crippen LogP contribution in [0.1, 0.15) is 15.4 Å². The van der Waals surface area contributed by atoms with Crippen LogP contribution in [-0.2, 0) is 13.2 Å². The number of halogens is 1. The SMILES string of the molecule is Cc1ncc(COc2ccc(Br)cc2CN)s1. The Bertz CT molecular complexity index is 513. The minimum Gasteiger partial charge on any atom is -0.488 e. The van der Waals surface area contributed by atoms with Crippen molar-refractivity contribution < 1.29 is 4.74 Å². The minimum atomic E-state index is 0.469. The van der Waals surface area contributed by atoms with Crippen molar-refractivity contribution in [2.24, 2.45) is 5.73 Å². The predicted octanol–water partition coefficient (Wildman–Crippen LogP) is 3.25. The Kier molecular flexibility index (Phi) is 4.15. The number of hydrogen-bond donors (Lipinski definition) is 1. The monoisotopic (exact) mass is 312 g/mol. The Morgan fingerprint density at radius 2 is 2.29 bits per heavy atom. The molecule has 0 amide bonds. The van der Waals surface area contributed by atoms with E-state index in [1.54, 1.807) is 11.3 Å². The van der Waals surface area contributed by atoms with Crippen LogP contribution in [-0.4, -0.2) is 4.98 Å². The number of nitrogens with zero attached hydrogens (tertiary/aromatic N) is 1. The van der Waals surface area contributed by atoms with E-state index < -0.39 is 0 Å². The molecule has 2 rings (SSSR count). The number of aromatic nitrogens is 1. The zero-order valence-corrected chi connectivity index (χ0v) is 11.8. The summed E-state index contributed by atoms with van der Waals surface area (Å²) in [5, 5.41) is 1.05. The summed E-state index contributed by atoms with van der Waals surface area (Å²) in [6, 6.07) is 5.86. The molecule has 0 aliphatic heterocycles. The number of rotatable bonds is 4. The van der Waals surface area contributed by atoms with Crippen molar-refractivity contribution in [3.63, 3.8) is 0 Å². The third kappa shape index (κ3) is 3.28. The van der Waals surface area contributed by atoms with E-state index in [0.717, 1.165) is 25.7 Å². The van der Waals surface area contributed by atoms with E-state index in [1.807, 2.05) is 31.3 Å². The van der Waals surface area contributed by atoms with Crippen LogP contribution in [0.2, 0.25) is 0 Å². The number of aryl methyl sites for hydroxylation is 1. The van der Waals surface area contributed by atoms with Crippen molar-refractivity contribution in [2.75, 3.05) is 0 Å². The standard InChI is InChI=1S/C12H13BrN2OS/c1-8-15-6-11(17-8)7-16-12-3-2-10(13)4-9(12)5-14/h2-4,6H,5,7,14H2,1H3. The Morgan fingerprint density at radius 1 is 1.47 bits per heavy atom. The van der Waals surface area contributed by atoms with Gasteiger partial charge in [-0.15, -0.1) is 11.3 Å². The average Bonchev–Trinajstić information content (AvgIpc) is 2.73. The zero-order valence-electron chi connectivity index (χ0n) is 9.44. The molecular weight excluding hydrogens is 300 g/mol. The van der Waals surface area contributed by atoms with Crippen LogP contribution in [0.3, 0.4) is 0 Å². The van der Waals surface area contributed by atoms with Crippen molar-refractivity contribution >= 4 is 27.3 Å². The van der Waals surface area contributed by atoms with Gasteiger partial charge in [-0.05, 0) is 25.1 Å². The molecule has 0 atom stereocenters. The molecule has 0 saturated heterocycles. The highest BCUT2D eigenvalue weighted by Gasteiger charge is 2.05. The normalized spacial score (nSPS) is 10.5. The largest absolute Gasteiger partial charge is 0.488 e. The second-order valence-corrected chi connectivity index (χ2v) is 5.83. The van der Waals surface area contributed by atoms with E-state index in [1.165, 1.54) is 0 Å². The summed E-state index contributed by atoms with van der Waals surface area (Å²) in [6.45, 7) is 3.00. The maximum absolute atomic E-state index is 5.75. The molecule has 0 bridgehead atoms. The molecule has 17 heavy (non-hydrogen) atoms. The molecule has 0 fully saturated rings. The van der Waals surface area contributed by atoms with Crippen molar-refractivity contribution in [1.82, 2.24) is 4.98 Å². The molecule has 0 radical (unpaired) electrons. The van der Waals surface area contributed by atoms with Crippen LogP contribution in [0.15, 0.2) is 28.9 Å².